The highest BCUT2D eigenvalue weighted by Gasteiger charge is 2.15. The molecule has 14 heavy (non-hydrogen) atoms. The molecule has 1 aliphatic heterocycles. The molecule has 0 spiro atoms. The topological polar surface area (TPSA) is 12.5 Å². The van der Waals surface area contributed by atoms with Crippen molar-refractivity contribution in [1.29, 1.82) is 0 Å². The minimum absolute atomic E-state index is 0.730. The number of ether oxygens (including phenoxy) is 1. The molecule has 0 radical (unpaired) electrons. The summed E-state index contributed by atoms with van der Waals surface area (Å²) in [5.74, 6) is 0. The molecule has 1 aliphatic carbocycles. The summed E-state index contributed by atoms with van der Waals surface area (Å²) in [5, 5.41) is 0. The van der Waals surface area contributed by atoms with Gasteiger partial charge in [-0.15, -0.1) is 0 Å². The molecule has 76 valence electrons. The van der Waals surface area contributed by atoms with E-state index in [1.165, 1.54) is 17.7 Å². The summed E-state index contributed by atoms with van der Waals surface area (Å²) in [6.07, 6.45) is 11.2. The second-order valence-electron chi connectivity index (χ2n) is 3.73. The van der Waals surface area contributed by atoms with Crippen LogP contribution in [-0.2, 0) is 4.74 Å². The van der Waals surface area contributed by atoms with Crippen LogP contribution in [-0.4, -0.2) is 24.8 Å². The standard InChI is InChI=1S/C12H17NO/c1-2-11-8-13(10-14-9-11)12-6-4-3-5-7-12/h2,4,6-7H,3,5,8-10H2,1H3/b11-2-. The zero-order valence-corrected chi connectivity index (χ0v) is 8.70. The second-order valence-corrected chi connectivity index (χ2v) is 3.73. The largest absolute Gasteiger partial charge is 0.357 e. The highest BCUT2D eigenvalue weighted by Crippen LogP contribution is 2.18. The number of nitrogens with zero attached hydrogens (tertiary/aromatic N) is 1. The summed E-state index contributed by atoms with van der Waals surface area (Å²) < 4.78 is 5.52. The van der Waals surface area contributed by atoms with Gasteiger partial charge in [-0.25, -0.2) is 0 Å². The van der Waals surface area contributed by atoms with E-state index in [1.54, 1.807) is 0 Å². The second kappa shape index (κ2) is 4.47. The van der Waals surface area contributed by atoms with Gasteiger partial charge in [-0.2, -0.15) is 0 Å². The normalized spacial score (nSPS) is 25.4. The molecule has 0 aromatic rings. The molecule has 2 aliphatic rings. The minimum atomic E-state index is 0.730. The molecular formula is C12H17NO. The molecule has 0 aromatic carbocycles. The predicted octanol–water partition coefficient (Wildman–Crippen LogP) is 2.46. The lowest BCUT2D eigenvalue weighted by molar-refractivity contribution is 0.0372. The third-order valence-corrected chi connectivity index (χ3v) is 2.68. The molecule has 1 saturated heterocycles. The zero-order valence-electron chi connectivity index (χ0n) is 8.70. The summed E-state index contributed by atoms with van der Waals surface area (Å²) >= 11 is 0. The van der Waals surface area contributed by atoms with Crippen LogP contribution in [0.3, 0.4) is 0 Å². The van der Waals surface area contributed by atoms with E-state index >= 15 is 0 Å². The lowest BCUT2D eigenvalue weighted by Gasteiger charge is -2.32. The van der Waals surface area contributed by atoms with Crippen molar-refractivity contribution < 1.29 is 4.74 Å². The van der Waals surface area contributed by atoms with Gasteiger partial charge < -0.3 is 9.64 Å². The van der Waals surface area contributed by atoms with Gasteiger partial charge in [0, 0.05) is 12.2 Å². The molecule has 0 amide bonds. The van der Waals surface area contributed by atoms with Gasteiger partial charge >= 0.3 is 0 Å². The molecule has 1 heterocycles. The smallest absolute Gasteiger partial charge is 0.119 e. The van der Waals surface area contributed by atoms with Crippen LogP contribution in [0.5, 0.6) is 0 Å². The van der Waals surface area contributed by atoms with E-state index in [4.69, 9.17) is 4.74 Å². The maximum Gasteiger partial charge on any atom is 0.119 e. The van der Waals surface area contributed by atoms with Crippen LogP contribution in [0.2, 0.25) is 0 Å². The SMILES string of the molecule is C/C=C1\COCN(C2=CCCC=C2)C1. The van der Waals surface area contributed by atoms with E-state index in [0.717, 1.165) is 26.3 Å². The fraction of sp³-hybridized carbons (Fsp3) is 0.500. The average molecular weight is 191 g/mol. The van der Waals surface area contributed by atoms with E-state index in [2.05, 4.69) is 36.1 Å². The van der Waals surface area contributed by atoms with Gasteiger partial charge in [-0.1, -0.05) is 18.2 Å². The quantitative estimate of drug-likeness (QED) is 0.590. The van der Waals surface area contributed by atoms with Gasteiger partial charge in [0.1, 0.15) is 6.73 Å². The van der Waals surface area contributed by atoms with Crippen molar-refractivity contribution in [3.8, 4) is 0 Å². The Morgan fingerprint density at radius 3 is 3.07 bits per heavy atom. The van der Waals surface area contributed by atoms with E-state index in [0.29, 0.717) is 0 Å². The summed E-state index contributed by atoms with van der Waals surface area (Å²) in [6, 6.07) is 0. The van der Waals surface area contributed by atoms with Crippen molar-refractivity contribution in [3.05, 3.63) is 35.6 Å². The van der Waals surface area contributed by atoms with Crippen molar-refractivity contribution in [2.24, 2.45) is 0 Å². The Hall–Kier alpha value is -1.02. The van der Waals surface area contributed by atoms with Crippen LogP contribution >= 0.6 is 0 Å². The van der Waals surface area contributed by atoms with Gasteiger partial charge in [-0.05, 0) is 31.4 Å². The third-order valence-electron chi connectivity index (χ3n) is 2.68. The van der Waals surface area contributed by atoms with Gasteiger partial charge in [0.25, 0.3) is 0 Å². The summed E-state index contributed by atoms with van der Waals surface area (Å²) in [6.45, 7) is 4.62. The Bertz CT molecular complexity index is 289. The van der Waals surface area contributed by atoms with Gasteiger partial charge in [0.2, 0.25) is 0 Å². The Kier molecular flexibility index (Phi) is 3.04. The molecule has 0 atom stereocenters. The fourth-order valence-corrected chi connectivity index (χ4v) is 1.80. The van der Waals surface area contributed by atoms with Crippen LogP contribution in [0.1, 0.15) is 19.8 Å². The molecule has 2 nitrogen and oxygen atoms in total. The van der Waals surface area contributed by atoms with E-state index < -0.39 is 0 Å². The molecule has 0 N–H and O–H groups in total. The van der Waals surface area contributed by atoms with Gasteiger partial charge in [-0.3, -0.25) is 0 Å². The maximum absolute atomic E-state index is 5.52. The zero-order chi connectivity index (χ0) is 9.80. The molecule has 0 bridgehead atoms. The van der Waals surface area contributed by atoms with Crippen LogP contribution in [0, 0.1) is 0 Å². The monoisotopic (exact) mass is 191 g/mol. The maximum atomic E-state index is 5.52. The van der Waals surface area contributed by atoms with Crippen molar-refractivity contribution in [1.82, 2.24) is 4.90 Å². The lowest BCUT2D eigenvalue weighted by Crippen LogP contribution is -2.33. The minimum Gasteiger partial charge on any atom is -0.357 e. The molecule has 0 unspecified atom stereocenters. The summed E-state index contributed by atoms with van der Waals surface area (Å²) in [5.41, 5.74) is 2.69. The molecule has 0 aromatic heterocycles. The number of hydrogen-bond acceptors (Lipinski definition) is 2. The summed E-state index contributed by atoms with van der Waals surface area (Å²) in [4.78, 5) is 2.29. The van der Waals surface area contributed by atoms with E-state index in [1.807, 2.05) is 0 Å². The number of allylic oxidation sites excluding steroid dienone is 4. The Balaban J connectivity index is 2.03. The average Bonchev–Trinajstić information content (AvgIpc) is 2.30. The lowest BCUT2D eigenvalue weighted by atomic mass is 10.1. The number of hydrogen-bond donors (Lipinski definition) is 0. The van der Waals surface area contributed by atoms with E-state index in [-0.39, 0.29) is 0 Å². The van der Waals surface area contributed by atoms with Crippen LogP contribution in [0.4, 0.5) is 0 Å². The first-order chi connectivity index (χ1) is 6.90. The highest BCUT2D eigenvalue weighted by molar-refractivity contribution is 5.23. The van der Waals surface area contributed by atoms with E-state index in [9.17, 15) is 0 Å². The van der Waals surface area contributed by atoms with Crippen LogP contribution < -0.4 is 0 Å². The Morgan fingerprint density at radius 2 is 2.36 bits per heavy atom. The van der Waals surface area contributed by atoms with Crippen molar-refractivity contribution in [2.75, 3.05) is 19.9 Å². The predicted molar refractivity (Wildman–Crippen MR) is 57.7 cm³/mol. The first-order valence-corrected chi connectivity index (χ1v) is 5.23. The Morgan fingerprint density at radius 1 is 1.43 bits per heavy atom. The van der Waals surface area contributed by atoms with Crippen molar-refractivity contribution in [2.45, 2.75) is 19.8 Å². The first-order valence-electron chi connectivity index (χ1n) is 5.23. The Labute approximate surface area is 85.5 Å². The third kappa shape index (κ3) is 2.07. The van der Waals surface area contributed by atoms with Gasteiger partial charge in [0.05, 0.1) is 6.61 Å². The first kappa shape index (κ1) is 9.53. The van der Waals surface area contributed by atoms with Crippen molar-refractivity contribution in [3.63, 3.8) is 0 Å². The number of rotatable bonds is 1. The van der Waals surface area contributed by atoms with Crippen molar-refractivity contribution >= 4 is 0 Å². The van der Waals surface area contributed by atoms with Crippen LogP contribution in [0.25, 0.3) is 0 Å². The van der Waals surface area contributed by atoms with Gasteiger partial charge in [0.15, 0.2) is 0 Å². The molecule has 1 fully saturated rings. The molecule has 2 heteroatoms. The molecular weight excluding hydrogens is 174 g/mol. The van der Waals surface area contributed by atoms with Crippen LogP contribution in [0.15, 0.2) is 35.6 Å². The fourth-order valence-electron chi connectivity index (χ4n) is 1.80. The highest BCUT2D eigenvalue weighted by atomic mass is 16.5. The molecule has 2 rings (SSSR count). The summed E-state index contributed by atoms with van der Waals surface area (Å²) in [7, 11) is 0. The molecule has 0 saturated carbocycles.